The molecule has 3 fully saturated rings. The van der Waals surface area contributed by atoms with Crippen LogP contribution in [0.25, 0.3) is 0 Å². The first-order valence-corrected chi connectivity index (χ1v) is 11.8. The van der Waals surface area contributed by atoms with Gasteiger partial charge in [-0.15, -0.1) is 0 Å². The highest BCUT2D eigenvalue weighted by molar-refractivity contribution is 5.58. The van der Waals surface area contributed by atoms with Crippen LogP contribution in [0.15, 0.2) is 18.2 Å². The van der Waals surface area contributed by atoms with Crippen LogP contribution in [-0.2, 0) is 9.47 Å². The number of fused-ring (bicyclic) bond motifs is 3. The zero-order chi connectivity index (χ0) is 19.5. The molecule has 0 unspecified atom stereocenters. The third-order valence-electron chi connectivity index (χ3n) is 7.42. The van der Waals surface area contributed by atoms with Gasteiger partial charge in [-0.3, -0.25) is 4.90 Å². The van der Waals surface area contributed by atoms with Crippen LogP contribution in [0.3, 0.4) is 0 Å². The van der Waals surface area contributed by atoms with E-state index in [1.54, 1.807) is 0 Å². The van der Waals surface area contributed by atoms with E-state index in [1.165, 1.54) is 56.2 Å². The van der Waals surface area contributed by atoms with Crippen molar-refractivity contribution in [3.63, 3.8) is 0 Å². The summed E-state index contributed by atoms with van der Waals surface area (Å²) in [6.07, 6.45) is 9.65. The van der Waals surface area contributed by atoms with E-state index < -0.39 is 0 Å². The fourth-order valence-corrected chi connectivity index (χ4v) is 5.85. The Morgan fingerprint density at radius 2 is 1.86 bits per heavy atom. The minimum Gasteiger partial charge on any atom is -0.492 e. The molecule has 29 heavy (non-hydrogen) atoms. The Hall–Kier alpha value is -1.30. The number of hydrogen-bond donors (Lipinski definition) is 1. The second kappa shape index (κ2) is 9.23. The second-order valence-corrected chi connectivity index (χ2v) is 9.22. The van der Waals surface area contributed by atoms with Gasteiger partial charge < -0.3 is 19.5 Å². The molecule has 3 heterocycles. The van der Waals surface area contributed by atoms with E-state index in [0.29, 0.717) is 12.0 Å². The summed E-state index contributed by atoms with van der Waals surface area (Å²) in [5.41, 5.74) is 2.58. The van der Waals surface area contributed by atoms with Gasteiger partial charge in [0.25, 0.3) is 0 Å². The Balaban J connectivity index is 1.28. The topological polar surface area (TPSA) is 43.0 Å². The molecule has 1 N–H and O–H groups in total. The number of morpholine rings is 1. The molecule has 1 aliphatic carbocycles. The molecule has 0 bridgehead atoms. The predicted octanol–water partition coefficient (Wildman–Crippen LogP) is 4.24. The van der Waals surface area contributed by atoms with Gasteiger partial charge in [-0.05, 0) is 49.8 Å². The highest BCUT2D eigenvalue weighted by atomic mass is 16.5. The molecule has 5 nitrogen and oxygen atoms in total. The lowest BCUT2D eigenvalue weighted by Crippen LogP contribution is -2.46. The van der Waals surface area contributed by atoms with E-state index in [1.807, 2.05) is 0 Å². The minimum atomic E-state index is 0.231. The van der Waals surface area contributed by atoms with E-state index >= 15 is 0 Å². The Morgan fingerprint density at radius 1 is 1.00 bits per heavy atom. The van der Waals surface area contributed by atoms with E-state index in [-0.39, 0.29) is 6.10 Å². The lowest BCUT2D eigenvalue weighted by atomic mass is 9.71. The van der Waals surface area contributed by atoms with Crippen molar-refractivity contribution in [1.29, 1.82) is 0 Å². The summed E-state index contributed by atoms with van der Waals surface area (Å²) in [7, 11) is 0. The summed E-state index contributed by atoms with van der Waals surface area (Å²) in [6, 6.07) is 7.17. The van der Waals surface area contributed by atoms with Crippen LogP contribution >= 0.6 is 0 Å². The fraction of sp³-hybridized carbons (Fsp3) is 0.750. The van der Waals surface area contributed by atoms with Crippen LogP contribution in [0.1, 0.15) is 56.6 Å². The highest BCUT2D eigenvalue weighted by Crippen LogP contribution is 2.48. The standard InChI is InChI=1S/C24H36N2O3/c1-2-5-18(6-3-1)23-20-7-4-13-29-24(20)21-17-19(8-9-22(21)25-23)28-16-12-26-10-14-27-15-11-26/h8-9,17-18,20,23-25H,1-7,10-16H2/t20-,23+,24-/m0/s1. The number of anilines is 1. The first kappa shape index (κ1) is 19.7. The van der Waals surface area contributed by atoms with Gasteiger partial charge in [0.2, 0.25) is 0 Å². The molecular weight excluding hydrogens is 364 g/mol. The van der Waals surface area contributed by atoms with Crippen LogP contribution < -0.4 is 10.1 Å². The average Bonchev–Trinajstić information content (AvgIpc) is 2.80. The molecule has 2 saturated heterocycles. The monoisotopic (exact) mass is 400 g/mol. The van der Waals surface area contributed by atoms with Crippen molar-refractivity contribution in [3.8, 4) is 5.75 Å². The number of rotatable bonds is 5. The van der Waals surface area contributed by atoms with E-state index in [9.17, 15) is 0 Å². The van der Waals surface area contributed by atoms with E-state index in [4.69, 9.17) is 14.2 Å². The molecule has 0 spiro atoms. The first-order valence-electron chi connectivity index (χ1n) is 11.8. The fourth-order valence-electron chi connectivity index (χ4n) is 5.85. The van der Waals surface area contributed by atoms with Crippen LogP contribution in [0.4, 0.5) is 5.69 Å². The van der Waals surface area contributed by atoms with E-state index in [2.05, 4.69) is 28.4 Å². The van der Waals surface area contributed by atoms with E-state index in [0.717, 1.165) is 57.7 Å². The minimum absolute atomic E-state index is 0.231. The third kappa shape index (κ3) is 4.42. The Labute approximate surface area is 175 Å². The Bertz CT molecular complexity index is 670. The van der Waals surface area contributed by atoms with Gasteiger partial charge in [-0.1, -0.05) is 19.3 Å². The number of nitrogens with zero attached hydrogens (tertiary/aromatic N) is 1. The molecular formula is C24H36N2O3. The van der Waals surface area contributed by atoms with Crippen molar-refractivity contribution in [1.82, 2.24) is 4.90 Å². The smallest absolute Gasteiger partial charge is 0.119 e. The quantitative estimate of drug-likeness (QED) is 0.801. The van der Waals surface area contributed by atoms with Crippen molar-refractivity contribution in [2.45, 2.75) is 57.1 Å². The summed E-state index contributed by atoms with van der Waals surface area (Å²) >= 11 is 0. The molecule has 5 heteroatoms. The lowest BCUT2D eigenvalue weighted by molar-refractivity contribution is -0.0459. The maximum absolute atomic E-state index is 6.37. The number of ether oxygens (including phenoxy) is 3. The van der Waals surface area contributed by atoms with Crippen molar-refractivity contribution in [3.05, 3.63) is 23.8 Å². The zero-order valence-corrected chi connectivity index (χ0v) is 17.6. The summed E-state index contributed by atoms with van der Waals surface area (Å²) in [4.78, 5) is 2.42. The molecule has 3 aliphatic heterocycles. The van der Waals surface area contributed by atoms with Crippen molar-refractivity contribution in [2.24, 2.45) is 11.8 Å². The molecule has 4 aliphatic rings. The van der Waals surface area contributed by atoms with Crippen LogP contribution in [0, 0.1) is 11.8 Å². The van der Waals surface area contributed by atoms with Gasteiger partial charge in [0, 0.05) is 49.5 Å². The molecule has 1 aromatic carbocycles. The molecule has 1 saturated carbocycles. The van der Waals surface area contributed by atoms with Crippen molar-refractivity contribution in [2.75, 3.05) is 51.4 Å². The van der Waals surface area contributed by atoms with Gasteiger partial charge in [0.05, 0.1) is 19.3 Å². The molecule has 160 valence electrons. The lowest BCUT2D eigenvalue weighted by Gasteiger charge is -2.47. The zero-order valence-electron chi connectivity index (χ0n) is 17.6. The number of nitrogens with one attached hydrogen (secondary N) is 1. The number of benzene rings is 1. The van der Waals surface area contributed by atoms with Gasteiger partial charge in [-0.2, -0.15) is 0 Å². The maximum Gasteiger partial charge on any atom is 0.119 e. The SMILES string of the molecule is c1cc2c(cc1OCCN1CCOCC1)[C@H]1OCCC[C@H]1[C@@H](C1CCCCC1)N2. The molecule has 5 rings (SSSR count). The molecule has 0 radical (unpaired) electrons. The summed E-state index contributed by atoms with van der Waals surface area (Å²) < 4.78 is 17.9. The predicted molar refractivity (Wildman–Crippen MR) is 115 cm³/mol. The van der Waals surface area contributed by atoms with Gasteiger partial charge >= 0.3 is 0 Å². The van der Waals surface area contributed by atoms with Crippen LogP contribution in [0.5, 0.6) is 5.75 Å². The summed E-state index contributed by atoms with van der Waals surface area (Å²) in [5, 5.41) is 3.94. The van der Waals surface area contributed by atoms with Gasteiger partial charge in [0.15, 0.2) is 0 Å². The Morgan fingerprint density at radius 3 is 2.72 bits per heavy atom. The average molecular weight is 401 g/mol. The molecule has 3 atom stereocenters. The summed E-state index contributed by atoms with van der Waals surface area (Å²) in [6.45, 7) is 6.28. The molecule has 1 aromatic rings. The highest BCUT2D eigenvalue weighted by Gasteiger charge is 2.42. The molecule has 0 amide bonds. The van der Waals surface area contributed by atoms with Gasteiger partial charge in [-0.25, -0.2) is 0 Å². The third-order valence-corrected chi connectivity index (χ3v) is 7.42. The Kier molecular flexibility index (Phi) is 6.26. The van der Waals surface area contributed by atoms with Crippen molar-refractivity contribution < 1.29 is 14.2 Å². The largest absolute Gasteiger partial charge is 0.492 e. The van der Waals surface area contributed by atoms with Crippen LogP contribution in [0.2, 0.25) is 0 Å². The van der Waals surface area contributed by atoms with Gasteiger partial charge in [0.1, 0.15) is 12.4 Å². The van der Waals surface area contributed by atoms with Crippen LogP contribution in [-0.4, -0.2) is 57.0 Å². The molecule has 0 aromatic heterocycles. The number of hydrogen-bond acceptors (Lipinski definition) is 5. The van der Waals surface area contributed by atoms with Crippen molar-refractivity contribution >= 4 is 5.69 Å². The first-order chi connectivity index (χ1) is 14.4. The second-order valence-electron chi connectivity index (χ2n) is 9.22. The maximum atomic E-state index is 6.37. The normalized spacial score (nSPS) is 30.8. The summed E-state index contributed by atoms with van der Waals surface area (Å²) in [5.74, 6) is 2.38.